The molecule has 0 radical (unpaired) electrons. The zero-order valence-corrected chi connectivity index (χ0v) is 10.5. The van der Waals surface area contributed by atoms with E-state index in [1.807, 2.05) is 19.1 Å². The van der Waals surface area contributed by atoms with E-state index in [1.54, 1.807) is 13.3 Å². The lowest BCUT2D eigenvalue weighted by Crippen LogP contribution is -1.91. The Balaban J connectivity index is 2.57. The quantitative estimate of drug-likeness (QED) is 0.920. The topological polar surface area (TPSA) is 61.3 Å². The third kappa shape index (κ3) is 1.78. The molecule has 0 aliphatic heterocycles. The van der Waals surface area contributed by atoms with Crippen molar-refractivity contribution in [1.29, 1.82) is 0 Å². The van der Waals surface area contributed by atoms with Crippen LogP contribution in [0.4, 0.5) is 5.88 Å². The van der Waals surface area contributed by atoms with Gasteiger partial charge < -0.3 is 15.0 Å². The van der Waals surface area contributed by atoms with Gasteiger partial charge >= 0.3 is 0 Å². The lowest BCUT2D eigenvalue weighted by Gasteiger charge is -2.09. The van der Waals surface area contributed by atoms with Crippen LogP contribution in [-0.4, -0.2) is 12.3 Å². The molecule has 2 N–H and O–H groups in total. The fraction of sp³-hybridized carbons (Fsp3) is 0.182. The summed E-state index contributed by atoms with van der Waals surface area (Å²) >= 11 is 3.45. The van der Waals surface area contributed by atoms with Crippen LogP contribution in [-0.2, 0) is 0 Å². The number of methoxy groups -OCH3 is 1. The van der Waals surface area contributed by atoms with Crippen molar-refractivity contribution < 1.29 is 9.26 Å². The van der Waals surface area contributed by atoms with Gasteiger partial charge in [-0.15, -0.1) is 0 Å². The van der Waals surface area contributed by atoms with Crippen LogP contribution in [0.1, 0.15) is 5.56 Å². The third-order valence-electron chi connectivity index (χ3n) is 2.34. The summed E-state index contributed by atoms with van der Waals surface area (Å²) in [6.45, 7) is 1.97. The van der Waals surface area contributed by atoms with Crippen molar-refractivity contribution in [1.82, 2.24) is 5.16 Å². The maximum Gasteiger partial charge on any atom is 0.229 e. The smallest absolute Gasteiger partial charge is 0.229 e. The average molecular weight is 283 g/mol. The summed E-state index contributed by atoms with van der Waals surface area (Å²) in [6.07, 6.45) is 1.60. The Labute approximate surface area is 102 Å². The summed E-state index contributed by atoms with van der Waals surface area (Å²) in [5.41, 5.74) is 8.42. The van der Waals surface area contributed by atoms with Gasteiger partial charge in [0.15, 0.2) is 0 Å². The number of hydrogen-bond donors (Lipinski definition) is 1. The van der Waals surface area contributed by atoms with Crippen molar-refractivity contribution in [2.75, 3.05) is 12.8 Å². The van der Waals surface area contributed by atoms with Crippen molar-refractivity contribution >= 4 is 21.8 Å². The van der Waals surface area contributed by atoms with E-state index < -0.39 is 0 Å². The van der Waals surface area contributed by atoms with Gasteiger partial charge in [-0.3, -0.25) is 0 Å². The lowest BCUT2D eigenvalue weighted by molar-refractivity contribution is 0.409. The molecule has 0 saturated heterocycles. The molecular formula is C11H11BrN2O2. The highest BCUT2D eigenvalue weighted by atomic mass is 79.9. The highest BCUT2D eigenvalue weighted by molar-refractivity contribution is 9.10. The number of hydrogen-bond acceptors (Lipinski definition) is 4. The minimum atomic E-state index is 0.316. The second kappa shape index (κ2) is 4.17. The Morgan fingerprint density at radius 1 is 1.44 bits per heavy atom. The minimum absolute atomic E-state index is 0.316. The molecule has 0 amide bonds. The van der Waals surface area contributed by atoms with Gasteiger partial charge in [0.05, 0.1) is 23.3 Å². The SMILES string of the molecule is COc1c(C)cc(-c2cnoc2N)cc1Br. The van der Waals surface area contributed by atoms with Crippen LogP contribution >= 0.6 is 15.9 Å². The van der Waals surface area contributed by atoms with E-state index in [4.69, 9.17) is 15.0 Å². The maximum absolute atomic E-state index is 5.67. The van der Waals surface area contributed by atoms with Crippen LogP contribution in [0.2, 0.25) is 0 Å². The lowest BCUT2D eigenvalue weighted by atomic mass is 10.1. The predicted molar refractivity (Wildman–Crippen MR) is 65.3 cm³/mol. The van der Waals surface area contributed by atoms with Crippen LogP contribution in [0.25, 0.3) is 11.1 Å². The van der Waals surface area contributed by atoms with Crippen LogP contribution in [0, 0.1) is 6.92 Å². The second-order valence-electron chi connectivity index (χ2n) is 3.41. The van der Waals surface area contributed by atoms with E-state index in [-0.39, 0.29) is 0 Å². The molecule has 2 rings (SSSR count). The highest BCUT2D eigenvalue weighted by Crippen LogP contribution is 2.35. The molecule has 0 bridgehead atoms. The summed E-state index contributed by atoms with van der Waals surface area (Å²) in [4.78, 5) is 0. The van der Waals surface area contributed by atoms with E-state index in [9.17, 15) is 0 Å². The Bertz CT molecular complexity index is 499. The fourth-order valence-corrected chi connectivity index (χ4v) is 2.33. The van der Waals surface area contributed by atoms with Crippen LogP contribution in [0.5, 0.6) is 5.75 Å². The third-order valence-corrected chi connectivity index (χ3v) is 2.93. The molecular weight excluding hydrogens is 272 g/mol. The van der Waals surface area contributed by atoms with E-state index in [1.165, 1.54) is 0 Å². The van der Waals surface area contributed by atoms with E-state index in [2.05, 4.69) is 21.1 Å². The van der Waals surface area contributed by atoms with E-state index in [0.717, 1.165) is 26.9 Å². The standard InChI is InChI=1S/C11H11BrN2O2/c1-6-3-7(4-9(12)10(6)15-2)8-5-14-16-11(8)13/h3-5H,13H2,1-2H3. The number of aromatic nitrogens is 1. The molecule has 4 nitrogen and oxygen atoms in total. The first-order chi connectivity index (χ1) is 7.63. The van der Waals surface area contributed by atoms with Gasteiger partial charge in [0, 0.05) is 0 Å². The first-order valence-corrected chi connectivity index (χ1v) is 5.47. The Morgan fingerprint density at radius 3 is 2.69 bits per heavy atom. The molecule has 0 fully saturated rings. The highest BCUT2D eigenvalue weighted by Gasteiger charge is 2.11. The number of aryl methyl sites for hydroxylation is 1. The predicted octanol–water partition coefficient (Wildman–Crippen LogP) is 3.00. The molecule has 0 aliphatic carbocycles. The van der Waals surface area contributed by atoms with Gasteiger partial charge in [-0.05, 0) is 46.1 Å². The zero-order valence-electron chi connectivity index (χ0n) is 8.95. The van der Waals surface area contributed by atoms with E-state index >= 15 is 0 Å². The average Bonchev–Trinajstić information content (AvgIpc) is 2.64. The van der Waals surface area contributed by atoms with Gasteiger partial charge in [0.25, 0.3) is 0 Å². The van der Waals surface area contributed by atoms with Crippen molar-refractivity contribution in [3.05, 3.63) is 28.4 Å². The number of benzene rings is 1. The number of ether oxygens (including phenoxy) is 1. The number of anilines is 1. The second-order valence-corrected chi connectivity index (χ2v) is 4.27. The molecule has 2 aromatic rings. The first kappa shape index (κ1) is 11.0. The first-order valence-electron chi connectivity index (χ1n) is 4.68. The summed E-state index contributed by atoms with van der Waals surface area (Å²) in [6, 6.07) is 3.90. The summed E-state index contributed by atoms with van der Waals surface area (Å²) < 4.78 is 11.0. The number of nitrogens with two attached hydrogens (primary N) is 1. The number of halogens is 1. The molecule has 0 atom stereocenters. The molecule has 0 aliphatic rings. The van der Waals surface area contributed by atoms with Crippen LogP contribution in [0.15, 0.2) is 27.3 Å². The maximum atomic E-state index is 5.67. The van der Waals surface area contributed by atoms with Crippen molar-refractivity contribution in [3.63, 3.8) is 0 Å². The largest absolute Gasteiger partial charge is 0.495 e. The van der Waals surface area contributed by atoms with Crippen LogP contribution < -0.4 is 10.5 Å². The number of nitrogens with zero attached hydrogens (tertiary/aromatic N) is 1. The Hall–Kier alpha value is -1.49. The minimum Gasteiger partial charge on any atom is -0.495 e. The monoisotopic (exact) mass is 282 g/mol. The molecule has 5 heteroatoms. The molecule has 0 spiro atoms. The summed E-state index contributed by atoms with van der Waals surface area (Å²) in [5.74, 6) is 1.13. The molecule has 1 aromatic carbocycles. The molecule has 1 aromatic heterocycles. The summed E-state index contributed by atoms with van der Waals surface area (Å²) in [7, 11) is 1.64. The Kier molecular flexibility index (Phi) is 2.87. The molecule has 1 heterocycles. The number of rotatable bonds is 2. The summed E-state index contributed by atoms with van der Waals surface area (Å²) in [5, 5.41) is 3.65. The van der Waals surface area contributed by atoms with Crippen molar-refractivity contribution in [2.24, 2.45) is 0 Å². The molecule has 16 heavy (non-hydrogen) atoms. The molecule has 84 valence electrons. The van der Waals surface area contributed by atoms with Gasteiger partial charge in [-0.2, -0.15) is 0 Å². The van der Waals surface area contributed by atoms with Crippen molar-refractivity contribution in [3.8, 4) is 16.9 Å². The normalized spacial score (nSPS) is 10.4. The number of nitrogen functional groups attached to an aromatic ring is 1. The van der Waals surface area contributed by atoms with Crippen LogP contribution in [0.3, 0.4) is 0 Å². The fourth-order valence-electron chi connectivity index (χ4n) is 1.61. The van der Waals surface area contributed by atoms with Gasteiger partial charge in [-0.25, -0.2) is 0 Å². The van der Waals surface area contributed by atoms with Gasteiger partial charge in [-0.1, -0.05) is 5.16 Å². The van der Waals surface area contributed by atoms with Gasteiger partial charge in [0.1, 0.15) is 5.75 Å². The Morgan fingerprint density at radius 2 is 2.19 bits per heavy atom. The van der Waals surface area contributed by atoms with E-state index in [0.29, 0.717) is 5.88 Å². The zero-order chi connectivity index (χ0) is 11.7. The molecule has 0 unspecified atom stereocenters. The van der Waals surface area contributed by atoms with Crippen molar-refractivity contribution in [2.45, 2.75) is 6.92 Å². The van der Waals surface area contributed by atoms with Gasteiger partial charge in [0.2, 0.25) is 5.88 Å². The molecule has 0 saturated carbocycles.